The number of nitrogens with zero attached hydrogens (tertiary/aromatic N) is 3. The number of anilines is 1. The molecule has 2 aromatic rings. The molecule has 0 spiro atoms. The van der Waals surface area contributed by atoms with Crippen LogP contribution in [0.3, 0.4) is 0 Å². The molecule has 25 heavy (non-hydrogen) atoms. The Hall–Kier alpha value is -2.18. The standard InChI is InChI=1S/C18H19F4N3/c1-25(14-5-3-2-4-6-14)17-23-15(11-16(24-17)18(20,21)22)12-7-9-13(19)10-8-12/h7-11,14H,2-6H2,1H3. The van der Waals surface area contributed by atoms with Gasteiger partial charge in [-0.3, -0.25) is 0 Å². The van der Waals surface area contributed by atoms with Crippen LogP contribution in [-0.4, -0.2) is 23.1 Å². The predicted octanol–water partition coefficient (Wildman–Crippen LogP) is 5.07. The molecule has 7 heteroatoms. The van der Waals surface area contributed by atoms with Crippen LogP contribution >= 0.6 is 0 Å². The summed E-state index contributed by atoms with van der Waals surface area (Å²) in [5.74, 6) is -0.394. The van der Waals surface area contributed by atoms with E-state index >= 15 is 0 Å². The van der Waals surface area contributed by atoms with E-state index in [1.165, 1.54) is 24.3 Å². The predicted molar refractivity (Wildman–Crippen MR) is 87.7 cm³/mol. The minimum Gasteiger partial charge on any atom is -0.341 e. The minimum atomic E-state index is -4.57. The summed E-state index contributed by atoms with van der Waals surface area (Å²) in [6, 6.07) is 6.29. The van der Waals surface area contributed by atoms with Crippen molar-refractivity contribution in [1.82, 2.24) is 9.97 Å². The molecule has 0 atom stereocenters. The molecule has 0 saturated heterocycles. The third-order valence-electron chi connectivity index (χ3n) is 4.58. The van der Waals surface area contributed by atoms with Crippen LogP contribution in [-0.2, 0) is 6.18 Å². The molecule has 1 aromatic carbocycles. The number of aromatic nitrogens is 2. The van der Waals surface area contributed by atoms with Gasteiger partial charge in [-0.25, -0.2) is 14.4 Å². The first kappa shape index (κ1) is 17.6. The van der Waals surface area contributed by atoms with Gasteiger partial charge in [0.15, 0.2) is 5.69 Å². The molecule has 1 aliphatic rings. The molecule has 0 unspecified atom stereocenters. The zero-order valence-corrected chi connectivity index (χ0v) is 13.9. The largest absolute Gasteiger partial charge is 0.433 e. The van der Waals surface area contributed by atoms with Gasteiger partial charge in [-0.2, -0.15) is 13.2 Å². The average Bonchev–Trinajstić information content (AvgIpc) is 2.61. The highest BCUT2D eigenvalue weighted by atomic mass is 19.4. The van der Waals surface area contributed by atoms with E-state index in [2.05, 4.69) is 9.97 Å². The molecule has 1 saturated carbocycles. The maximum atomic E-state index is 13.3. The first-order valence-electron chi connectivity index (χ1n) is 8.29. The fourth-order valence-corrected chi connectivity index (χ4v) is 3.14. The van der Waals surface area contributed by atoms with Crippen molar-refractivity contribution in [1.29, 1.82) is 0 Å². The molecule has 0 N–H and O–H groups in total. The summed E-state index contributed by atoms with van der Waals surface area (Å²) in [6.45, 7) is 0. The molecule has 1 aliphatic carbocycles. The van der Waals surface area contributed by atoms with E-state index < -0.39 is 17.7 Å². The molecule has 1 aromatic heterocycles. The summed E-state index contributed by atoms with van der Waals surface area (Å²) in [6.07, 6.45) is 0.524. The van der Waals surface area contributed by atoms with Crippen LogP contribution in [0.5, 0.6) is 0 Å². The Morgan fingerprint density at radius 2 is 1.64 bits per heavy atom. The molecule has 134 valence electrons. The van der Waals surface area contributed by atoms with Crippen molar-refractivity contribution >= 4 is 5.95 Å². The van der Waals surface area contributed by atoms with E-state index in [4.69, 9.17) is 0 Å². The van der Waals surface area contributed by atoms with Gasteiger partial charge in [0.1, 0.15) is 5.82 Å². The number of benzene rings is 1. The maximum Gasteiger partial charge on any atom is 0.433 e. The summed E-state index contributed by atoms with van der Waals surface area (Å²) in [4.78, 5) is 9.79. The molecular formula is C18H19F4N3. The maximum absolute atomic E-state index is 13.3. The van der Waals surface area contributed by atoms with Crippen LogP contribution in [0, 0.1) is 5.82 Å². The quantitative estimate of drug-likeness (QED) is 0.722. The first-order valence-corrected chi connectivity index (χ1v) is 8.29. The highest BCUT2D eigenvalue weighted by Crippen LogP contribution is 2.33. The lowest BCUT2D eigenvalue weighted by atomic mass is 9.95. The van der Waals surface area contributed by atoms with Crippen molar-refractivity contribution in [2.45, 2.75) is 44.3 Å². The third kappa shape index (κ3) is 4.08. The zero-order valence-electron chi connectivity index (χ0n) is 13.9. The number of alkyl halides is 3. The van der Waals surface area contributed by atoms with Crippen LogP contribution in [0.1, 0.15) is 37.8 Å². The topological polar surface area (TPSA) is 29.0 Å². The van der Waals surface area contributed by atoms with Crippen molar-refractivity contribution in [2.24, 2.45) is 0 Å². The summed E-state index contributed by atoms with van der Waals surface area (Å²) >= 11 is 0. The van der Waals surface area contributed by atoms with E-state index in [-0.39, 0.29) is 17.7 Å². The van der Waals surface area contributed by atoms with Gasteiger partial charge in [-0.15, -0.1) is 0 Å². The lowest BCUT2D eigenvalue weighted by Crippen LogP contribution is -2.35. The molecule has 3 nitrogen and oxygen atoms in total. The fourth-order valence-electron chi connectivity index (χ4n) is 3.14. The minimum absolute atomic E-state index is 0.0565. The van der Waals surface area contributed by atoms with Crippen LogP contribution in [0.4, 0.5) is 23.5 Å². The smallest absolute Gasteiger partial charge is 0.341 e. The molecule has 0 bridgehead atoms. The van der Waals surface area contributed by atoms with Crippen molar-refractivity contribution in [2.75, 3.05) is 11.9 Å². The Labute approximate surface area is 143 Å². The van der Waals surface area contributed by atoms with Crippen molar-refractivity contribution in [3.8, 4) is 11.3 Å². The summed E-state index contributed by atoms with van der Waals surface area (Å²) in [7, 11) is 1.74. The second-order valence-electron chi connectivity index (χ2n) is 6.35. The number of hydrogen-bond donors (Lipinski definition) is 0. The van der Waals surface area contributed by atoms with Crippen molar-refractivity contribution in [3.63, 3.8) is 0 Å². The van der Waals surface area contributed by atoms with E-state index in [0.717, 1.165) is 38.2 Å². The van der Waals surface area contributed by atoms with Crippen LogP contribution in [0.2, 0.25) is 0 Å². The molecule has 1 fully saturated rings. The summed E-state index contributed by atoms with van der Waals surface area (Å²) in [5.41, 5.74) is -0.424. The van der Waals surface area contributed by atoms with E-state index in [0.29, 0.717) is 5.56 Å². The van der Waals surface area contributed by atoms with Crippen LogP contribution in [0.25, 0.3) is 11.3 Å². The second kappa shape index (κ2) is 6.98. The Bertz CT molecular complexity index is 722. The highest BCUT2D eigenvalue weighted by molar-refractivity contribution is 5.61. The number of halogens is 4. The Balaban J connectivity index is 2.02. The second-order valence-corrected chi connectivity index (χ2v) is 6.35. The zero-order chi connectivity index (χ0) is 18.0. The molecule has 0 amide bonds. The van der Waals surface area contributed by atoms with Crippen LogP contribution in [0.15, 0.2) is 30.3 Å². The Kier molecular flexibility index (Phi) is 4.92. The summed E-state index contributed by atoms with van der Waals surface area (Å²) < 4.78 is 52.9. The van der Waals surface area contributed by atoms with Gasteiger partial charge < -0.3 is 4.90 Å². The monoisotopic (exact) mass is 353 g/mol. The van der Waals surface area contributed by atoms with E-state index in [1.807, 2.05) is 0 Å². The number of rotatable bonds is 3. The van der Waals surface area contributed by atoms with Crippen molar-refractivity contribution < 1.29 is 17.6 Å². The highest BCUT2D eigenvalue weighted by Gasteiger charge is 2.34. The van der Waals surface area contributed by atoms with Gasteiger partial charge in [0, 0.05) is 18.7 Å². The Morgan fingerprint density at radius 3 is 2.24 bits per heavy atom. The van der Waals surface area contributed by atoms with Crippen molar-refractivity contribution in [3.05, 3.63) is 41.8 Å². The normalized spacial score (nSPS) is 16.0. The van der Waals surface area contributed by atoms with Crippen LogP contribution < -0.4 is 4.90 Å². The van der Waals surface area contributed by atoms with Gasteiger partial charge in [-0.05, 0) is 43.2 Å². The van der Waals surface area contributed by atoms with E-state index in [1.54, 1.807) is 11.9 Å². The van der Waals surface area contributed by atoms with Gasteiger partial charge >= 0.3 is 6.18 Å². The van der Waals surface area contributed by atoms with Gasteiger partial charge in [-0.1, -0.05) is 19.3 Å². The Morgan fingerprint density at radius 1 is 1.00 bits per heavy atom. The lowest BCUT2D eigenvalue weighted by molar-refractivity contribution is -0.141. The van der Waals surface area contributed by atoms with Gasteiger partial charge in [0.25, 0.3) is 0 Å². The fraction of sp³-hybridized carbons (Fsp3) is 0.444. The molecule has 0 aliphatic heterocycles. The molecular weight excluding hydrogens is 334 g/mol. The lowest BCUT2D eigenvalue weighted by Gasteiger charge is -2.31. The first-order chi connectivity index (χ1) is 11.8. The van der Waals surface area contributed by atoms with Gasteiger partial charge in [0.05, 0.1) is 5.69 Å². The molecule has 3 rings (SSSR count). The average molecular weight is 353 g/mol. The van der Waals surface area contributed by atoms with Gasteiger partial charge in [0.2, 0.25) is 5.95 Å². The number of hydrogen-bond acceptors (Lipinski definition) is 3. The SMILES string of the molecule is CN(c1nc(-c2ccc(F)cc2)cc(C(F)(F)F)n1)C1CCCCC1. The third-order valence-corrected chi connectivity index (χ3v) is 4.58. The molecule has 0 radical (unpaired) electrons. The van der Waals surface area contributed by atoms with E-state index in [9.17, 15) is 17.6 Å². The summed E-state index contributed by atoms with van der Waals surface area (Å²) in [5, 5.41) is 0. The molecule has 1 heterocycles.